The van der Waals surface area contributed by atoms with Crippen LogP contribution in [0.3, 0.4) is 0 Å². The second-order valence-corrected chi connectivity index (χ2v) is 5.95. The van der Waals surface area contributed by atoms with Gasteiger partial charge in [-0.1, -0.05) is 35.8 Å². The van der Waals surface area contributed by atoms with Gasteiger partial charge < -0.3 is 9.84 Å². The van der Waals surface area contributed by atoms with E-state index in [0.717, 1.165) is 0 Å². The molecule has 1 aromatic rings. The lowest BCUT2D eigenvalue weighted by molar-refractivity contribution is -0.549. The lowest BCUT2D eigenvalue weighted by atomic mass is 9.93. The third-order valence-corrected chi connectivity index (χ3v) is 4.23. The highest BCUT2D eigenvalue weighted by Crippen LogP contribution is 2.36. The average Bonchev–Trinajstić information content (AvgIpc) is 2.49. The number of carboxylic acids is 1. The monoisotopic (exact) mass is 361 g/mol. The van der Waals surface area contributed by atoms with E-state index in [1.54, 1.807) is 12.1 Å². The first-order valence-corrected chi connectivity index (χ1v) is 7.56. The second kappa shape index (κ2) is 8.17. The Balaban J connectivity index is 2.87. The van der Waals surface area contributed by atoms with E-state index in [2.05, 4.69) is 6.58 Å². The molecule has 0 heterocycles. The summed E-state index contributed by atoms with van der Waals surface area (Å²) >= 11 is 12.3. The van der Waals surface area contributed by atoms with Crippen LogP contribution in [0.15, 0.2) is 24.8 Å². The van der Waals surface area contributed by atoms with E-state index in [9.17, 15) is 14.9 Å². The predicted molar refractivity (Wildman–Crippen MR) is 88.1 cm³/mol. The number of halogens is 2. The largest absolute Gasteiger partial charge is 0.492 e. The van der Waals surface area contributed by atoms with Crippen LogP contribution in [-0.2, 0) is 11.2 Å². The number of nitro groups is 1. The van der Waals surface area contributed by atoms with E-state index >= 15 is 0 Å². The first kappa shape index (κ1) is 19.3. The Labute approximate surface area is 143 Å². The highest BCUT2D eigenvalue weighted by molar-refractivity contribution is 6.43. The van der Waals surface area contributed by atoms with Crippen molar-refractivity contribution in [2.75, 3.05) is 6.61 Å². The average molecular weight is 362 g/mol. The molecule has 8 heteroatoms. The first-order valence-electron chi connectivity index (χ1n) is 6.81. The fourth-order valence-electron chi connectivity index (χ4n) is 1.82. The van der Waals surface area contributed by atoms with Crippen LogP contribution in [0.4, 0.5) is 0 Å². The Morgan fingerprint density at radius 3 is 2.65 bits per heavy atom. The zero-order valence-corrected chi connectivity index (χ0v) is 14.1. The summed E-state index contributed by atoms with van der Waals surface area (Å²) in [7, 11) is 0. The van der Waals surface area contributed by atoms with Gasteiger partial charge in [-0.15, -0.1) is 0 Å². The van der Waals surface area contributed by atoms with Crippen LogP contribution >= 0.6 is 23.2 Å². The maximum absolute atomic E-state index is 11.1. The van der Waals surface area contributed by atoms with Crippen LogP contribution in [0.1, 0.15) is 25.3 Å². The standard InChI is InChI=1S/C15H17Cl2NO5/c1-3-15(2,18(21)22)9-10-6-7-11(14(17)13(10)16)23-8-4-5-12(19)20/h3,6-7H,1,4-5,8-9H2,2H3,(H,19,20). The summed E-state index contributed by atoms with van der Waals surface area (Å²) in [6.45, 7) is 5.12. The van der Waals surface area contributed by atoms with E-state index in [1.807, 2.05) is 0 Å². The van der Waals surface area contributed by atoms with Crippen LogP contribution in [0.5, 0.6) is 5.75 Å². The molecule has 0 aliphatic carbocycles. The van der Waals surface area contributed by atoms with Gasteiger partial charge in [0.15, 0.2) is 0 Å². The van der Waals surface area contributed by atoms with Crippen molar-refractivity contribution in [1.82, 2.24) is 0 Å². The lowest BCUT2D eigenvalue weighted by Gasteiger charge is -2.18. The van der Waals surface area contributed by atoms with Gasteiger partial charge in [0.1, 0.15) is 10.8 Å². The number of rotatable bonds is 9. The van der Waals surface area contributed by atoms with Gasteiger partial charge in [0.2, 0.25) is 5.54 Å². The summed E-state index contributed by atoms with van der Waals surface area (Å²) in [5.74, 6) is -0.594. The Hall–Kier alpha value is -1.79. The maximum atomic E-state index is 11.1. The van der Waals surface area contributed by atoms with Gasteiger partial charge in [-0.2, -0.15) is 0 Å². The zero-order valence-electron chi connectivity index (χ0n) is 12.6. The number of ether oxygens (including phenoxy) is 1. The van der Waals surface area contributed by atoms with Crippen LogP contribution in [0, 0.1) is 10.1 Å². The quantitative estimate of drug-likeness (QED) is 0.310. The molecule has 0 radical (unpaired) electrons. The lowest BCUT2D eigenvalue weighted by Crippen LogP contribution is -2.34. The Morgan fingerprint density at radius 2 is 2.13 bits per heavy atom. The molecule has 0 aromatic heterocycles. The van der Waals surface area contributed by atoms with Crippen molar-refractivity contribution in [2.45, 2.75) is 31.7 Å². The van der Waals surface area contributed by atoms with Crippen molar-refractivity contribution < 1.29 is 19.6 Å². The molecule has 1 aromatic carbocycles. The van der Waals surface area contributed by atoms with Gasteiger partial charge in [-0.3, -0.25) is 14.9 Å². The molecule has 1 atom stereocenters. The molecular weight excluding hydrogens is 345 g/mol. The molecule has 0 bridgehead atoms. The number of hydrogen-bond donors (Lipinski definition) is 1. The molecule has 0 spiro atoms. The minimum Gasteiger partial charge on any atom is -0.492 e. The fraction of sp³-hybridized carbons (Fsp3) is 0.400. The minimum atomic E-state index is -1.35. The van der Waals surface area contributed by atoms with Crippen LogP contribution in [-0.4, -0.2) is 28.1 Å². The van der Waals surface area contributed by atoms with E-state index in [4.69, 9.17) is 33.0 Å². The molecule has 0 saturated carbocycles. The van der Waals surface area contributed by atoms with E-state index in [0.29, 0.717) is 17.7 Å². The summed E-state index contributed by atoms with van der Waals surface area (Å²) in [5.41, 5.74) is -0.842. The third kappa shape index (κ3) is 5.11. The zero-order chi connectivity index (χ0) is 17.6. The summed E-state index contributed by atoms with van der Waals surface area (Å²) in [6.07, 6.45) is 1.62. The number of carboxylic acid groups (broad SMARTS) is 1. The van der Waals surface area contributed by atoms with Gasteiger partial charge >= 0.3 is 5.97 Å². The van der Waals surface area contributed by atoms with E-state index in [1.165, 1.54) is 13.0 Å². The van der Waals surface area contributed by atoms with Gasteiger partial charge in [0, 0.05) is 24.7 Å². The molecule has 23 heavy (non-hydrogen) atoms. The molecule has 0 aliphatic heterocycles. The van der Waals surface area contributed by atoms with E-state index in [-0.39, 0.29) is 29.5 Å². The van der Waals surface area contributed by atoms with Crippen molar-refractivity contribution in [3.8, 4) is 5.75 Å². The summed E-state index contributed by atoms with van der Waals surface area (Å²) < 4.78 is 5.39. The van der Waals surface area contributed by atoms with Gasteiger partial charge in [0.25, 0.3) is 0 Å². The minimum absolute atomic E-state index is 0.00996. The highest BCUT2D eigenvalue weighted by Gasteiger charge is 2.34. The van der Waals surface area contributed by atoms with Crippen molar-refractivity contribution in [2.24, 2.45) is 0 Å². The van der Waals surface area contributed by atoms with Crippen LogP contribution in [0.25, 0.3) is 0 Å². The Morgan fingerprint density at radius 1 is 1.48 bits per heavy atom. The third-order valence-electron chi connectivity index (χ3n) is 3.32. The molecule has 1 rings (SSSR count). The number of aliphatic carboxylic acids is 1. The Kier molecular flexibility index (Phi) is 6.84. The van der Waals surface area contributed by atoms with E-state index < -0.39 is 16.4 Å². The topological polar surface area (TPSA) is 89.7 Å². The van der Waals surface area contributed by atoms with Crippen LogP contribution < -0.4 is 4.74 Å². The van der Waals surface area contributed by atoms with Gasteiger partial charge in [-0.05, 0) is 24.1 Å². The number of nitrogens with zero attached hydrogens (tertiary/aromatic N) is 1. The van der Waals surface area contributed by atoms with Crippen molar-refractivity contribution in [3.63, 3.8) is 0 Å². The van der Waals surface area contributed by atoms with Crippen molar-refractivity contribution in [3.05, 3.63) is 50.5 Å². The highest BCUT2D eigenvalue weighted by atomic mass is 35.5. The van der Waals surface area contributed by atoms with Crippen molar-refractivity contribution in [1.29, 1.82) is 0 Å². The molecule has 0 amide bonds. The number of carbonyl (C=O) groups is 1. The molecule has 1 unspecified atom stereocenters. The number of hydrogen-bond acceptors (Lipinski definition) is 4. The summed E-state index contributed by atoms with van der Waals surface area (Å²) in [5, 5.41) is 20.0. The molecular formula is C15H17Cl2NO5. The van der Waals surface area contributed by atoms with Gasteiger partial charge in [-0.25, -0.2) is 0 Å². The molecule has 1 N–H and O–H groups in total. The molecule has 126 valence electrons. The number of benzene rings is 1. The Bertz CT molecular complexity index is 620. The predicted octanol–water partition coefficient (Wildman–Crippen LogP) is 4.00. The fourth-order valence-corrected chi connectivity index (χ4v) is 2.28. The second-order valence-electron chi connectivity index (χ2n) is 5.19. The van der Waals surface area contributed by atoms with Crippen LogP contribution in [0.2, 0.25) is 10.0 Å². The smallest absolute Gasteiger partial charge is 0.303 e. The van der Waals surface area contributed by atoms with Crippen molar-refractivity contribution >= 4 is 29.2 Å². The molecule has 6 nitrogen and oxygen atoms in total. The first-order chi connectivity index (χ1) is 10.7. The summed E-state index contributed by atoms with van der Waals surface area (Å²) in [6, 6.07) is 3.17. The van der Waals surface area contributed by atoms with Gasteiger partial charge in [0.05, 0.1) is 11.6 Å². The molecule has 0 saturated heterocycles. The molecule has 0 aliphatic rings. The normalized spacial score (nSPS) is 13.2. The SMILES string of the molecule is C=CC(C)(Cc1ccc(OCCCC(=O)O)c(Cl)c1Cl)[N+](=O)[O-]. The summed E-state index contributed by atoms with van der Waals surface area (Å²) in [4.78, 5) is 21.1. The maximum Gasteiger partial charge on any atom is 0.303 e. The molecule has 0 fully saturated rings.